The molecule has 3 nitrogen and oxygen atoms in total. The zero-order chi connectivity index (χ0) is 10.3. The Morgan fingerprint density at radius 3 is 2.79 bits per heavy atom. The standard InChI is InChI=1S/C10H15N3S/c1-5-10(3,4)8-6-13-9(11-8)14-7(2)12-13/h6H,5H2,1-4H3. The number of rotatable bonds is 2. The van der Waals surface area contributed by atoms with Crippen LogP contribution in [0.2, 0.25) is 0 Å². The van der Waals surface area contributed by atoms with Gasteiger partial charge in [0.1, 0.15) is 5.01 Å². The van der Waals surface area contributed by atoms with Gasteiger partial charge in [0.05, 0.1) is 11.9 Å². The predicted octanol–water partition coefficient (Wildman–Crippen LogP) is 2.79. The maximum Gasteiger partial charge on any atom is 0.212 e. The van der Waals surface area contributed by atoms with E-state index in [2.05, 4.69) is 30.9 Å². The highest BCUT2D eigenvalue weighted by Gasteiger charge is 2.22. The molecule has 0 amide bonds. The summed E-state index contributed by atoms with van der Waals surface area (Å²) in [6.07, 6.45) is 3.14. The number of fused-ring (bicyclic) bond motifs is 1. The second kappa shape index (κ2) is 3.05. The predicted molar refractivity (Wildman–Crippen MR) is 58.9 cm³/mol. The van der Waals surface area contributed by atoms with Crippen LogP contribution in [0, 0.1) is 6.92 Å². The molecule has 0 fully saturated rings. The summed E-state index contributed by atoms with van der Waals surface area (Å²) >= 11 is 1.64. The van der Waals surface area contributed by atoms with Crippen molar-refractivity contribution in [1.82, 2.24) is 14.6 Å². The first-order valence-electron chi connectivity index (χ1n) is 4.86. The average Bonchev–Trinajstić information content (AvgIpc) is 2.61. The van der Waals surface area contributed by atoms with Crippen LogP contribution < -0.4 is 0 Å². The van der Waals surface area contributed by atoms with E-state index in [9.17, 15) is 0 Å². The van der Waals surface area contributed by atoms with Gasteiger partial charge in [0.25, 0.3) is 0 Å². The summed E-state index contributed by atoms with van der Waals surface area (Å²) < 4.78 is 1.88. The molecule has 0 saturated carbocycles. The summed E-state index contributed by atoms with van der Waals surface area (Å²) in [7, 11) is 0. The molecule has 2 aromatic heterocycles. The van der Waals surface area contributed by atoms with Crippen molar-refractivity contribution in [2.24, 2.45) is 0 Å². The monoisotopic (exact) mass is 209 g/mol. The minimum Gasteiger partial charge on any atom is -0.222 e. The van der Waals surface area contributed by atoms with Crippen molar-refractivity contribution in [2.45, 2.75) is 39.5 Å². The van der Waals surface area contributed by atoms with Crippen LogP contribution in [0.25, 0.3) is 4.96 Å². The Morgan fingerprint density at radius 1 is 1.50 bits per heavy atom. The van der Waals surface area contributed by atoms with Gasteiger partial charge in [0.2, 0.25) is 4.96 Å². The van der Waals surface area contributed by atoms with E-state index in [1.807, 2.05) is 17.6 Å². The number of aromatic nitrogens is 3. The van der Waals surface area contributed by atoms with Gasteiger partial charge in [-0.05, 0) is 13.3 Å². The molecule has 0 radical (unpaired) electrons. The van der Waals surface area contributed by atoms with E-state index >= 15 is 0 Å². The topological polar surface area (TPSA) is 30.2 Å². The highest BCUT2D eigenvalue weighted by atomic mass is 32.1. The molecule has 0 atom stereocenters. The lowest BCUT2D eigenvalue weighted by Crippen LogP contribution is -2.15. The summed E-state index contributed by atoms with van der Waals surface area (Å²) in [5.41, 5.74) is 1.29. The quantitative estimate of drug-likeness (QED) is 0.761. The number of nitrogens with zero attached hydrogens (tertiary/aromatic N) is 3. The smallest absolute Gasteiger partial charge is 0.212 e. The molecule has 4 heteroatoms. The van der Waals surface area contributed by atoms with E-state index in [0.717, 1.165) is 22.1 Å². The zero-order valence-corrected chi connectivity index (χ0v) is 9.85. The second-order valence-electron chi connectivity index (χ2n) is 4.21. The molecule has 2 rings (SSSR count). The highest BCUT2D eigenvalue weighted by molar-refractivity contribution is 7.16. The highest BCUT2D eigenvalue weighted by Crippen LogP contribution is 2.27. The van der Waals surface area contributed by atoms with Gasteiger partial charge in [-0.2, -0.15) is 5.10 Å². The van der Waals surface area contributed by atoms with E-state index in [1.165, 1.54) is 0 Å². The SMILES string of the molecule is CCC(C)(C)c1cn2nc(C)sc2n1. The molecule has 14 heavy (non-hydrogen) atoms. The lowest BCUT2D eigenvalue weighted by Gasteiger charge is -2.18. The molecular formula is C10H15N3S. The Bertz CT molecular complexity index is 421. The molecule has 0 aromatic carbocycles. The van der Waals surface area contributed by atoms with Crippen LogP contribution in [-0.2, 0) is 5.41 Å². The minimum absolute atomic E-state index is 0.154. The second-order valence-corrected chi connectivity index (χ2v) is 5.37. The Labute approximate surface area is 87.8 Å². The molecule has 0 unspecified atom stereocenters. The van der Waals surface area contributed by atoms with Gasteiger partial charge >= 0.3 is 0 Å². The van der Waals surface area contributed by atoms with E-state index in [1.54, 1.807) is 11.3 Å². The van der Waals surface area contributed by atoms with Crippen LogP contribution in [0.15, 0.2) is 6.20 Å². The molecule has 76 valence electrons. The van der Waals surface area contributed by atoms with Crippen molar-refractivity contribution in [3.05, 3.63) is 16.9 Å². The minimum atomic E-state index is 0.154. The summed E-state index contributed by atoms with van der Waals surface area (Å²) in [6.45, 7) is 8.62. The van der Waals surface area contributed by atoms with Gasteiger partial charge in [0, 0.05) is 5.41 Å². The fourth-order valence-corrected chi connectivity index (χ4v) is 2.03. The Hall–Kier alpha value is -0.900. The molecule has 0 saturated heterocycles. The summed E-state index contributed by atoms with van der Waals surface area (Å²) in [5.74, 6) is 0. The lowest BCUT2D eigenvalue weighted by atomic mass is 9.87. The zero-order valence-electron chi connectivity index (χ0n) is 9.03. The van der Waals surface area contributed by atoms with Crippen molar-refractivity contribution in [3.8, 4) is 0 Å². The number of hydrogen-bond donors (Lipinski definition) is 0. The van der Waals surface area contributed by atoms with Gasteiger partial charge in [-0.1, -0.05) is 32.1 Å². The molecule has 2 heterocycles. The molecule has 0 aliphatic carbocycles. The fourth-order valence-electron chi connectivity index (χ4n) is 1.31. The van der Waals surface area contributed by atoms with Crippen molar-refractivity contribution in [2.75, 3.05) is 0 Å². The van der Waals surface area contributed by atoms with E-state index in [4.69, 9.17) is 0 Å². The Morgan fingerprint density at radius 2 is 2.21 bits per heavy atom. The molecule has 0 aliphatic rings. The fraction of sp³-hybridized carbons (Fsp3) is 0.600. The van der Waals surface area contributed by atoms with Gasteiger partial charge in [-0.15, -0.1) is 0 Å². The van der Waals surface area contributed by atoms with Crippen molar-refractivity contribution in [1.29, 1.82) is 0 Å². The Kier molecular flexibility index (Phi) is 2.10. The lowest BCUT2D eigenvalue weighted by molar-refractivity contribution is 0.493. The van der Waals surface area contributed by atoms with Gasteiger partial charge in [-0.25, -0.2) is 9.50 Å². The molecule has 0 N–H and O–H groups in total. The first-order valence-corrected chi connectivity index (χ1v) is 5.68. The Balaban J connectivity index is 2.50. The van der Waals surface area contributed by atoms with Crippen molar-refractivity contribution >= 4 is 16.3 Å². The molecule has 0 aliphatic heterocycles. The van der Waals surface area contributed by atoms with Gasteiger partial charge < -0.3 is 0 Å². The van der Waals surface area contributed by atoms with Crippen molar-refractivity contribution < 1.29 is 0 Å². The van der Waals surface area contributed by atoms with Gasteiger partial charge in [0.15, 0.2) is 0 Å². The molecule has 2 aromatic rings. The number of hydrogen-bond acceptors (Lipinski definition) is 3. The van der Waals surface area contributed by atoms with Crippen LogP contribution in [0.5, 0.6) is 0 Å². The van der Waals surface area contributed by atoms with Crippen LogP contribution in [-0.4, -0.2) is 14.6 Å². The van der Waals surface area contributed by atoms with Crippen LogP contribution in [0.1, 0.15) is 37.9 Å². The summed E-state index contributed by atoms with van der Waals surface area (Å²) in [5, 5.41) is 5.42. The third kappa shape index (κ3) is 1.43. The van der Waals surface area contributed by atoms with Crippen LogP contribution in [0.4, 0.5) is 0 Å². The molecule has 0 bridgehead atoms. The van der Waals surface area contributed by atoms with Crippen LogP contribution >= 0.6 is 11.3 Å². The molecular weight excluding hydrogens is 194 g/mol. The van der Waals surface area contributed by atoms with E-state index in [-0.39, 0.29) is 5.41 Å². The van der Waals surface area contributed by atoms with Crippen molar-refractivity contribution in [3.63, 3.8) is 0 Å². The van der Waals surface area contributed by atoms with E-state index in [0.29, 0.717) is 0 Å². The number of aryl methyl sites for hydroxylation is 1. The maximum absolute atomic E-state index is 4.60. The largest absolute Gasteiger partial charge is 0.222 e. The maximum atomic E-state index is 4.60. The number of imidazole rings is 1. The first kappa shape index (κ1) is 9.65. The van der Waals surface area contributed by atoms with Crippen LogP contribution in [0.3, 0.4) is 0 Å². The summed E-state index contributed by atoms with van der Waals surface area (Å²) in [4.78, 5) is 5.59. The normalized spacial score (nSPS) is 12.6. The first-order chi connectivity index (χ1) is 6.53. The van der Waals surface area contributed by atoms with E-state index < -0.39 is 0 Å². The third-order valence-corrected chi connectivity index (χ3v) is 3.56. The molecule has 0 spiro atoms. The third-order valence-electron chi connectivity index (χ3n) is 2.72. The summed E-state index contributed by atoms with van der Waals surface area (Å²) in [6, 6.07) is 0. The van der Waals surface area contributed by atoms with Gasteiger partial charge in [-0.3, -0.25) is 0 Å². The average molecular weight is 209 g/mol.